The van der Waals surface area contributed by atoms with Crippen LogP contribution < -0.4 is 5.14 Å². The van der Waals surface area contributed by atoms with E-state index in [1.807, 2.05) is 0 Å². The van der Waals surface area contributed by atoms with Gasteiger partial charge in [-0.2, -0.15) is 0 Å². The van der Waals surface area contributed by atoms with Crippen molar-refractivity contribution in [1.29, 1.82) is 0 Å². The van der Waals surface area contributed by atoms with E-state index in [1.165, 1.54) is 6.92 Å². The fourth-order valence-electron chi connectivity index (χ4n) is 1.84. The fraction of sp³-hybridized carbons (Fsp3) is 0.417. The summed E-state index contributed by atoms with van der Waals surface area (Å²) in [5.74, 6) is -0.460. The van der Waals surface area contributed by atoms with Crippen molar-refractivity contribution in [3.63, 3.8) is 0 Å². The molecule has 0 spiro atoms. The van der Waals surface area contributed by atoms with Crippen LogP contribution in [0.5, 0.6) is 0 Å². The number of hydrogen-bond acceptors (Lipinski definition) is 6. The highest BCUT2D eigenvalue weighted by atomic mass is 32.2. The SMILES string of the molecule is Cc1c(C(=O)OCC2CC2)cc([N+](=O)[O-])cc1S(N)(=O)=O. The Morgan fingerprint density at radius 2 is 2.10 bits per heavy atom. The van der Waals surface area contributed by atoms with Gasteiger partial charge in [0.15, 0.2) is 0 Å². The van der Waals surface area contributed by atoms with Gasteiger partial charge in [0, 0.05) is 12.1 Å². The molecule has 0 unspecified atom stereocenters. The second-order valence-corrected chi connectivity index (χ2v) is 6.49. The molecule has 1 aromatic rings. The lowest BCUT2D eigenvalue weighted by Gasteiger charge is -2.10. The normalized spacial score (nSPS) is 14.8. The summed E-state index contributed by atoms with van der Waals surface area (Å²) >= 11 is 0. The molecule has 9 heteroatoms. The first-order valence-electron chi connectivity index (χ1n) is 6.19. The molecule has 0 amide bonds. The second-order valence-electron chi connectivity index (χ2n) is 4.96. The molecule has 0 saturated heterocycles. The lowest BCUT2D eigenvalue weighted by atomic mass is 10.1. The lowest BCUT2D eigenvalue weighted by Crippen LogP contribution is -2.17. The molecule has 1 fully saturated rings. The molecular weight excluding hydrogens is 300 g/mol. The van der Waals surface area contributed by atoms with Crippen molar-refractivity contribution in [1.82, 2.24) is 0 Å². The largest absolute Gasteiger partial charge is 0.462 e. The van der Waals surface area contributed by atoms with Gasteiger partial charge in [0.2, 0.25) is 10.0 Å². The van der Waals surface area contributed by atoms with Gasteiger partial charge in [-0.15, -0.1) is 0 Å². The topological polar surface area (TPSA) is 130 Å². The Morgan fingerprint density at radius 1 is 1.48 bits per heavy atom. The van der Waals surface area contributed by atoms with Crippen LogP contribution in [0.3, 0.4) is 0 Å². The molecule has 1 aliphatic rings. The van der Waals surface area contributed by atoms with Gasteiger partial charge in [0.1, 0.15) is 0 Å². The highest BCUT2D eigenvalue weighted by molar-refractivity contribution is 7.89. The van der Waals surface area contributed by atoms with Gasteiger partial charge < -0.3 is 4.74 Å². The maximum absolute atomic E-state index is 12.0. The zero-order chi connectivity index (χ0) is 15.8. The molecule has 2 N–H and O–H groups in total. The first kappa shape index (κ1) is 15.4. The molecule has 1 saturated carbocycles. The molecule has 1 aromatic carbocycles. The van der Waals surface area contributed by atoms with E-state index in [1.54, 1.807) is 0 Å². The molecule has 8 nitrogen and oxygen atoms in total. The number of carbonyl (C=O) groups is 1. The van der Waals surface area contributed by atoms with Crippen LogP contribution >= 0.6 is 0 Å². The fourth-order valence-corrected chi connectivity index (χ4v) is 2.66. The maximum atomic E-state index is 12.0. The van der Waals surface area contributed by atoms with Crippen LogP contribution in [0.2, 0.25) is 0 Å². The Hall–Kier alpha value is -2.00. The third kappa shape index (κ3) is 3.56. The third-order valence-corrected chi connectivity index (χ3v) is 4.27. The number of sulfonamides is 1. The van der Waals surface area contributed by atoms with Crippen molar-refractivity contribution in [2.75, 3.05) is 6.61 Å². The predicted molar refractivity (Wildman–Crippen MR) is 72.2 cm³/mol. The summed E-state index contributed by atoms with van der Waals surface area (Å²) in [7, 11) is -4.18. The Kier molecular flexibility index (Phi) is 3.97. The molecular formula is C12H14N2O6S. The minimum Gasteiger partial charge on any atom is -0.462 e. The van der Waals surface area contributed by atoms with Crippen molar-refractivity contribution >= 4 is 21.7 Å². The number of nitro benzene ring substituents is 1. The molecule has 0 heterocycles. The number of nitrogens with zero attached hydrogens (tertiary/aromatic N) is 1. The summed E-state index contributed by atoms with van der Waals surface area (Å²) in [6, 6.07) is 1.83. The van der Waals surface area contributed by atoms with Crippen LogP contribution in [0.4, 0.5) is 5.69 Å². The number of rotatable bonds is 5. The van der Waals surface area contributed by atoms with Crippen LogP contribution in [-0.2, 0) is 14.8 Å². The monoisotopic (exact) mass is 314 g/mol. The molecule has 0 aliphatic heterocycles. The van der Waals surface area contributed by atoms with Gasteiger partial charge in [-0.05, 0) is 31.2 Å². The summed E-state index contributed by atoms with van der Waals surface area (Å²) in [6.07, 6.45) is 1.95. The van der Waals surface area contributed by atoms with Gasteiger partial charge in [-0.25, -0.2) is 18.4 Å². The van der Waals surface area contributed by atoms with Gasteiger partial charge >= 0.3 is 5.97 Å². The average Bonchev–Trinajstić information content (AvgIpc) is 3.18. The molecule has 0 aromatic heterocycles. The number of nitro groups is 1. The number of primary sulfonamides is 1. The Morgan fingerprint density at radius 3 is 2.57 bits per heavy atom. The highest BCUT2D eigenvalue weighted by Gasteiger charge is 2.27. The number of carbonyl (C=O) groups excluding carboxylic acids is 1. The third-order valence-electron chi connectivity index (χ3n) is 3.23. The maximum Gasteiger partial charge on any atom is 0.338 e. The first-order chi connectivity index (χ1) is 9.70. The summed E-state index contributed by atoms with van der Waals surface area (Å²) < 4.78 is 28.0. The van der Waals surface area contributed by atoms with Gasteiger partial charge in [0.05, 0.1) is 22.0 Å². The number of non-ortho nitro benzene ring substituents is 1. The van der Waals surface area contributed by atoms with Crippen molar-refractivity contribution in [2.45, 2.75) is 24.7 Å². The second kappa shape index (κ2) is 5.41. The van der Waals surface area contributed by atoms with Crippen LogP contribution in [0.1, 0.15) is 28.8 Å². The summed E-state index contributed by atoms with van der Waals surface area (Å²) in [4.78, 5) is 21.6. The van der Waals surface area contributed by atoms with E-state index in [9.17, 15) is 23.3 Å². The van der Waals surface area contributed by atoms with E-state index in [0.717, 1.165) is 25.0 Å². The van der Waals surface area contributed by atoms with Crippen LogP contribution in [-0.4, -0.2) is 25.9 Å². The molecule has 1 aliphatic carbocycles. The Labute approximate surface area is 121 Å². The van der Waals surface area contributed by atoms with E-state index in [0.29, 0.717) is 5.92 Å². The van der Waals surface area contributed by atoms with Crippen LogP contribution in [0, 0.1) is 23.0 Å². The highest BCUT2D eigenvalue weighted by Crippen LogP contribution is 2.30. The quantitative estimate of drug-likeness (QED) is 0.492. The van der Waals surface area contributed by atoms with Crippen LogP contribution in [0.25, 0.3) is 0 Å². The molecule has 21 heavy (non-hydrogen) atoms. The van der Waals surface area contributed by atoms with E-state index < -0.39 is 31.5 Å². The summed E-state index contributed by atoms with van der Waals surface area (Å²) in [5.41, 5.74) is -0.638. The molecule has 0 atom stereocenters. The molecule has 0 bridgehead atoms. The van der Waals surface area contributed by atoms with Crippen molar-refractivity contribution in [3.05, 3.63) is 33.4 Å². The average molecular weight is 314 g/mol. The van der Waals surface area contributed by atoms with E-state index >= 15 is 0 Å². The predicted octanol–water partition coefficient (Wildman–Crippen LogP) is 1.12. The van der Waals surface area contributed by atoms with E-state index in [4.69, 9.17) is 9.88 Å². The number of esters is 1. The first-order valence-corrected chi connectivity index (χ1v) is 7.73. The number of ether oxygens (including phenoxy) is 1. The van der Waals surface area contributed by atoms with Gasteiger partial charge in [-0.3, -0.25) is 10.1 Å². The molecule has 0 radical (unpaired) electrons. The lowest BCUT2D eigenvalue weighted by molar-refractivity contribution is -0.385. The Balaban J connectivity index is 2.44. The summed E-state index contributed by atoms with van der Waals surface area (Å²) in [5, 5.41) is 15.9. The summed E-state index contributed by atoms with van der Waals surface area (Å²) in [6.45, 7) is 1.59. The van der Waals surface area contributed by atoms with Crippen molar-refractivity contribution in [3.8, 4) is 0 Å². The van der Waals surface area contributed by atoms with E-state index in [2.05, 4.69) is 0 Å². The van der Waals surface area contributed by atoms with Crippen LogP contribution in [0.15, 0.2) is 17.0 Å². The number of nitrogens with two attached hydrogens (primary N) is 1. The van der Waals surface area contributed by atoms with Crippen molar-refractivity contribution < 1.29 is 22.9 Å². The zero-order valence-corrected chi connectivity index (χ0v) is 12.1. The minimum atomic E-state index is -4.18. The zero-order valence-electron chi connectivity index (χ0n) is 11.2. The van der Waals surface area contributed by atoms with E-state index in [-0.39, 0.29) is 17.7 Å². The standard InChI is InChI=1S/C12H14N2O6S/c1-7-10(12(15)20-6-8-2-3-8)4-9(14(16)17)5-11(7)21(13,18)19/h4-5,8H,2-3,6H2,1H3,(H2,13,18,19). The molecule has 2 rings (SSSR count). The van der Waals surface area contributed by atoms with Crippen molar-refractivity contribution in [2.24, 2.45) is 11.1 Å². The number of hydrogen-bond donors (Lipinski definition) is 1. The van der Waals surface area contributed by atoms with Gasteiger partial charge in [-0.1, -0.05) is 0 Å². The Bertz CT molecular complexity index is 709. The smallest absolute Gasteiger partial charge is 0.338 e. The molecule has 114 valence electrons. The van der Waals surface area contributed by atoms with Gasteiger partial charge in [0.25, 0.3) is 5.69 Å². The number of benzene rings is 1. The minimum absolute atomic E-state index is 0.0453.